The van der Waals surface area contributed by atoms with E-state index in [9.17, 15) is 0 Å². The van der Waals surface area contributed by atoms with Crippen LogP contribution in [-0.2, 0) is 7.05 Å². The summed E-state index contributed by atoms with van der Waals surface area (Å²) < 4.78 is 1.82. The minimum atomic E-state index is 0.621. The van der Waals surface area contributed by atoms with Crippen molar-refractivity contribution in [1.29, 1.82) is 5.41 Å². The Morgan fingerprint density at radius 1 is 1.35 bits per heavy atom. The highest BCUT2D eigenvalue weighted by molar-refractivity contribution is 6.08. The lowest BCUT2D eigenvalue weighted by Crippen LogP contribution is -2.27. The summed E-state index contributed by atoms with van der Waals surface area (Å²) in [6.45, 7) is 2.15. The molecule has 0 aliphatic heterocycles. The van der Waals surface area contributed by atoms with Crippen molar-refractivity contribution in [3.8, 4) is 0 Å². The Labute approximate surface area is 119 Å². The molecular formula is C16H20N4. The van der Waals surface area contributed by atoms with E-state index in [0.717, 1.165) is 29.4 Å². The molecule has 1 heterocycles. The fourth-order valence-corrected chi connectivity index (χ4v) is 2.88. The van der Waals surface area contributed by atoms with E-state index >= 15 is 0 Å². The molecule has 2 aromatic rings. The van der Waals surface area contributed by atoms with E-state index in [-0.39, 0.29) is 0 Å². The van der Waals surface area contributed by atoms with Gasteiger partial charge in [-0.05, 0) is 50.0 Å². The molecule has 3 rings (SSSR count). The molecule has 0 saturated heterocycles. The van der Waals surface area contributed by atoms with Gasteiger partial charge in [0.15, 0.2) is 0 Å². The molecule has 0 atom stereocenters. The van der Waals surface area contributed by atoms with E-state index in [1.165, 1.54) is 17.6 Å². The lowest BCUT2D eigenvalue weighted by atomic mass is 10.1. The summed E-state index contributed by atoms with van der Waals surface area (Å²) in [6, 6.07) is 6.18. The van der Waals surface area contributed by atoms with Crippen LogP contribution >= 0.6 is 0 Å². The number of aryl methyl sites for hydroxylation is 1. The van der Waals surface area contributed by atoms with Gasteiger partial charge in [0.1, 0.15) is 5.84 Å². The average molecular weight is 268 g/mol. The zero-order chi connectivity index (χ0) is 14.3. The highest BCUT2D eigenvalue weighted by atomic mass is 15.2. The van der Waals surface area contributed by atoms with Crippen LogP contribution in [0.25, 0.3) is 10.9 Å². The lowest BCUT2D eigenvalue weighted by molar-refractivity contribution is 0.780. The van der Waals surface area contributed by atoms with Gasteiger partial charge >= 0.3 is 0 Å². The van der Waals surface area contributed by atoms with Crippen molar-refractivity contribution >= 4 is 22.4 Å². The summed E-state index contributed by atoms with van der Waals surface area (Å²) >= 11 is 0. The molecule has 0 fully saturated rings. The fraction of sp³-hybridized carbons (Fsp3) is 0.375. The Bertz CT molecular complexity index is 708. The van der Waals surface area contributed by atoms with Crippen LogP contribution in [0, 0.1) is 5.41 Å². The SMILES string of the molecule is CC1=C(C(=N)N(C)c2ccc3cn(C)nc3c2)CCC1. The molecule has 4 nitrogen and oxygen atoms in total. The topological polar surface area (TPSA) is 44.9 Å². The number of fused-ring (bicyclic) bond motifs is 1. The second-order valence-electron chi connectivity index (χ2n) is 5.57. The second-order valence-corrected chi connectivity index (χ2v) is 5.57. The van der Waals surface area contributed by atoms with Gasteiger partial charge in [0, 0.05) is 31.4 Å². The van der Waals surface area contributed by atoms with Gasteiger partial charge in [-0.1, -0.05) is 5.57 Å². The summed E-state index contributed by atoms with van der Waals surface area (Å²) in [7, 11) is 3.89. The molecule has 0 bridgehead atoms. The molecule has 1 N–H and O–H groups in total. The van der Waals surface area contributed by atoms with Crippen molar-refractivity contribution in [2.45, 2.75) is 26.2 Å². The summed E-state index contributed by atoms with van der Waals surface area (Å²) in [5.74, 6) is 0.621. The number of amidine groups is 1. The van der Waals surface area contributed by atoms with Crippen molar-refractivity contribution in [2.24, 2.45) is 7.05 Å². The molecule has 0 amide bonds. The first-order chi connectivity index (χ1) is 9.56. The van der Waals surface area contributed by atoms with Gasteiger partial charge in [0.2, 0.25) is 0 Å². The Morgan fingerprint density at radius 3 is 2.85 bits per heavy atom. The average Bonchev–Trinajstić information content (AvgIpc) is 3.00. The molecule has 0 radical (unpaired) electrons. The fourth-order valence-electron chi connectivity index (χ4n) is 2.88. The number of rotatable bonds is 2. The standard InChI is InChI=1S/C16H20N4/c1-11-5-4-6-14(11)16(17)20(3)13-8-7-12-10-19(2)18-15(12)9-13/h7-10,17H,4-6H2,1-3H3. The van der Waals surface area contributed by atoms with E-state index in [2.05, 4.69) is 30.2 Å². The van der Waals surface area contributed by atoms with Crippen LogP contribution in [0.2, 0.25) is 0 Å². The number of anilines is 1. The minimum absolute atomic E-state index is 0.621. The van der Waals surface area contributed by atoms with Crippen molar-refractivity contribution in [2.75, 3.05) is 11.9 Å². The molecular weight excluding hydrogens is 248 g/mol. The molecule has 1 aromatic heterocycles. The predicted octanol–water partition coefficient (Wildman–Crippen LogP) is 3.49. The minimum Gasteiger partial charge on any atom is -0.330 e. The van der Waals surface area contributed by atoms with Gasteiger partial charge in [-0.3, -0.25) is 10.1 Å². The third-order valence-electron chi connectivity index (χ3n) is 4.11. The molecule has 20 heavy (non-hydrogen) atoms. The first kappa shape index (κ1) is 12.9. The van der Waals surface area contributed by atoms with Crippen LogP contribution in [0.3, 0.4) is 0 Å². The maximum atomic E-state index is 8.42. The van der Waals surface area contributed by atoms with Gasteiger partial charge in [-0.2, -0.15) is 5.10 Å². The number of nitrogens with zero attached hydrogens (tertiary/aromatic N) is 3. The van der Waals surface area contributed by atoms with Gasteiger partial charge in [-0.15, -0.1) is 0 Å². The Balaban J connectivity index is 1.93. The lowest BCUT2D eigenvalue weighted by Gasteiger charge is -2.21. The maximum Gasteiger partial charge on any atom is 0.128 e. The smallest absolute Gasteiger partial charge is 0.128 e. The molecule has 104 valence electrons. The molecule has 0 saturated carbocycles. The summed E-state index contributed by atoms with van der Waals surface area (Å²) in [5.41, 5.74) is 4.56. The molecule has 1 aromatic carbocycles. The van der Waals surface area contributed by atoms with Crippen LogP contribution in [0.4, 0.5) is 5.69 Å². The number of hydrogen-bond acceptors (Lipinski definition) is 2. The Hall–Kier alpha value is -2.10. The van der Waals surface area contributed by atoms with E-state index in [0.29, 0.717) is 5.84 Å². The zero-order valence-electron chi connectivity index (χ0n) is 12.3. The first-order valence-electron chi connectivity index (χ1n) is 7.01. The van der Waals surface area contributed by atoms with Crippen LogP contribution in [-0.4, -0.2) is 22.7 Å². The largest absolute Gasteiger partial charge is 0.330 e. The highest BCUT2D eigenvalue weighted by Gasteiger charge is 2.19. The quantitative estimate of drug-likeness (QED) is 0.669. The molecule has 0 unspecified atom stereocenters. The Kier molecular flexibility index (Phi) is 3.08. The molecule has 0 spiro atoms. The third-order valence-corrected chi connectivity index (χ3v) is 4.11. The second kappa shape index (κ2) is 4.78. The first-order valence-corrected chi connectivity index (χ1v) is 7.01. The third kappa shape index (κ3) is 2.11. The summed E-state index contributed by atoms with van der Waals surface area (Å²) in [6.07, 6.45) is 5.34. The number of hydrogen-bond donors (Lipinski definition) is 1. The van der Waals surface area contributed by atoms with E-state index in [4.69, 9.17) is 5.41 Å². The number of allylic oxidation sites excluding steroid dienone is 1. The number of benzene rings is 1. The van der Waals surface area contributed by atoms with Crippen molar-refractivity contribution < 1.29 is 0 Å². The maximum absolute atomic E-state index is 8.42. The predicted molar refractivity (Wildman–Crippen MR) is 83.4 cm³/mol. The van der Waals surface area contributed by atoms with Crippen LogP contribution in [0.15, 0.2) is 35.5 Å². The van der Waals surface area contributed by atoms with Gasteiger partial charge in [0.05, 0.1) is 5.52 Å². The number of nitrogens with one attached hydrogen (secondary N) is 1. The molecule has 4 heteroatoms. The van der Waals surface area contributed by atoms with Crippen LogP contribution in [0.5, 0.6) is 0 Å². The van der Waals surface area contributed by atoms with E-state index < -0.39 is 0 Å². The van der Waals surface area contributed by atoms with Gasteiger partial charge < -0.3 is 4.90 Å². The van der Waals surface area contributed by atoms with Crippen molar-refractivity contribution in [1.82, 2.24) is 9.78 Å². The summed E-state index contributed by atoms with van der Waals surface area (Å²) in [4.78, 5) is 1.96. The van der Waals surface area contributed by atoms with E-state index in [1.54, 1.807) is 0 Å². The van der Waals surface area contributed by atoms with Gasteiger partial charge in [0.25, 0.3) is 0 Å². The summed E-state index contributed by atoms with van der Waals surface area (Å²) in [5, 5.41) is 14.0. The normalized spacial score (nSPS) is 15.2. The Morgan fingerprint density at radius 2 is 2.15 bits per heavy atom. The number of aromatic nitrogens is 2. The molecule has 1 aliphatic rings. The van der Waals surface area contributed by atoms with Crippen molar-refractivity contribution in [3.05, 3.63) is 35.5 Å². The van der Waals surface area contributed by atoms with Gasteiger partial charge in [-0.25, -0.2) is 0 Å². The van der Waals surface area contributed by atoms with Crippen LogP contribution in [0.1, 0.15) is 26.2 Å². The zero-order valence-corrected chi connectivity index (χ0v) is 12.3. The highest BCUT2D eigenvalue weighted by Crippen LogP contribution is 2.29. The number of likely N-dealkylation sites (N-methyl/N-ethyl adjacent to an activating group) is 1. The monoisotopic (exact) mass is 268 g/mol. The van der Waals surface area contributed by atoms with Crippen molar-refractivity contribution in [3.63, 3.8) is 0 Å². The van der Waals surface area contributed by atoms with E-state index in [1.807, 2.05) is 29.9 Å². The molecule has 1 aliphatic carbocycles. The van der Waals surface area contributed by atoms with Crippen LogP contribution < -0.4 is 4.90 Å².